The number of nitrogens with zero attached hydrogens (tertiary/aromatic N) is 1. The molecule has 33 heavy (non-hydrogen) atoms. The number of carbonyl (C=O) groups excluding carboxylic acids is 1. The van der Waals surface area contributed by atoms with Gasteiger partial charge in [0.15, 0.2) is 6.54 Å². The lowest BCUT2D eigenvalue weighted by Gasteiger charge is -2.22. The Morgan fingerprint density at radius 1 is 0.515 bits per heavy atom. The van der Waals surface area contributed by atoms with Crippen molar-refractivity contribution in [3.8, 4) is 0 Å². The first kappa shape index (κ1) is 32.4. The highest BCUT2D eigenvalue weighted by Crippen LogP contribution is 2.14. The van der Waals surface area contributed by atoms with Crippen LogP contribution in [-0.4, -0.2) is 58.0 Å². The summed E-state index contributed by atoms with van der Waals surface area (Å²) in [6, 6.07) is 0. The van der Waals surface area contributed by atoms with E-state index in [9.17, 15) is 4.79 Å². The molecule has 0 aromatic carbocycles. The summed E-state index contributed by atoms with van der Waals surface area (Å²) in [5, 5.41) is 0. The Hall–Kier alpha value is -0.610. The molecule has 0 aromatic rings. The minimum Gasteiger partial charge on any atom is -0.462 e. The van der Waals surface area contributed by atoms with Gasteiger partial charge in [-0.15, -0.1) is 0 Å². The Kier molecular flexibility index (Phi) is 24.1. The van der Waals surface area contributed by atoms with Crippen LogP contribution in [0.1, 0.15) is 135 Å². The van der Waals surface area contributed by atoms with Crippen molar-refractivity contribution in [1.29, 1.82) is 0 Å². The van der Waals surface area contributed by atoms with Crippen molar-refractivity contribution < 1.29 is 18.8 Å². The van der Waals surface area contributed by atoms with Crippen molar-refractivity contribution in [2.75, 3.05) is 47.5 Å². The number of carbonyl (C=O) groups is 1. The molecule has 0 radical (unpaired) electrons. The average Bonchev–Trinajstić information content (AvgIpc) is 2.75. The van der Waals surface area contributed by atoms with Gasteiger partial charge >= 0.3 is 5.97 Å². The smallest absolute Gasteiger partial charge is 0.361 e. The highest BCUT2D eigenvalue weighted by atomic mass is 16.5. The van der Waals surface area contributed by atoms with E-state index in [1.54, 1.807) is 0 Å². The standard InChI is InChI=1S/C29H60NO3/c1-5-6-7-8-9-10-11-12-13-14-15-16-17-18-19-20-21-22-25-32-26-23-24-27-33-29(31)28-30(2,3)4/h5-28H2,1-4H3/q+1. The number of unbranched alkanes of at least 4 members (excludes halogenated alkanes) is 18. The van der Waals surface area contributed by atoms with E-state index in [4.69, 9.17) is 9.47 Å². The fourth-order valence-corrected chi connectivity index (χ4v) is 4.13. The lowest BCUT2D eigenvalue weighted by Crippen LogP contribution is -2.40. The normalized spacial score (nSPS) is 11.8. The number of hydrogen-bond donors (Lipinski definition) is 0. The van der Waals surface area contributed by atoms with Crippen molar-refractivity contribution in [3.05, 3.63) is 0 Å². The lowest BCUT2D eigenvalue weighted by atomic mass is 10.0. The third-order valence-corrected chi connectivity index (χ3v) is 6.19. The van der Waals surface area contributed by atoms with Gasteiger partial charge in [0.25, 0.3) is 0 Å². The highest BCUT2D eigenvalue weighted by Gasteiger charge is 2.14. The Labute approximate surface area is 207 Å². The highest BCUT2D eigenvalue weighted by molar-refractivity contribution is 5.70. The molecule has 0 saturated carbocycles. The molecule has 0 spiro atoms. The third kappa shape index (κ3) is 29.4. The monoisotopic (exact) mass is 470 g/mol. The molecule has 0 aliphatic rings. The number of quaternary nitrogens is 1. The molecule has 0 fully saturated rings. The van der Waals surface area contributed by atoms with Gasteiger partial charge in [-0.3, -0.25) is 0 Å². The first-order chi connectivity index (χ1) is 16.0. The van der Waals surface area contributed by atoms with E-state index in [-0.39, 0.29) is 5.97 Å². The van der Waals surface area contributed by atoms with Gasteiger partial charge < -0.3 is 14.0 Å². The molecule has 0 aromatic heterocycles. The van der Waals surface area contributed by atoms with Crippen LogP contribution in [0, 0.1) is 0 Å². The average molecular weight is 471 g/mol. The second-order valence-corrected chi connectivity index (χ2v) is 11.0. The Bertz CT molecular complexity index is 406. The molecule has 0 atom stereocenters. The number of rotatable bonds is 26. The van der Waals surface area contributed by atoms with E-state index in [2.05, 4.69) is 6.92 Å². The molecule has 0 saturated heterocycles. The molecule has 0 unspecified atom stereocenters. The lowest BCUT2D eigenvalue weighted by molar-refractivity contribution is -0.862. The third-order valence-electron chi connectivity index (χ3n) is 6.19. The van der Waals surface area contributed by atoms with Crippen LogP contribution in [-0.2, 0) is 14.3 Å². The molecule has 0 N–H and O–H groups in total. The zero-order chi connectivity index (χ0) is 24.5. The second kappa shape index (κ2) is 24.5. The first-order valence-corrected chi connectivity index (χ1v) is 14.5. The van der Waals surface area contributed by atoms with Gasteiger partial charge in [-0.05, 0) is 19.3 Å². The summed E-state index contributed by atoms with van der Waals surface area (Å²) in [5.74, 6) is -0.109. The van der Waals surface area contributed by atoms with Crippen LogP contribution < -0.4 is 0 Å². The zero-order valence-electron chi connectivity index (χ0n) is 23.1. The van der Waals surface area contributed by atoms with Gasteiger partial charge in [-0.2, -0.15) is 0 Å². The van der Waals surface area contributed by atoms with Gasteiger partial charge in [0.05, 0.1) is 27.7 Å². The van der Waals surface area contributed by atoms with Crippen molar-refractivity contribution >= 4 is 5.97 Å². The first-order valence-electron chi connectivity index (χ1n) is 14.5. The van der Waals surface area contributed by atoms with Crippen LogP contribution in [0.4, 0.5) is 0 Å². The van der Waals surface area contributed by atoms with E-state index in [0.29, 0.717) is 17.6 Å². The maximum atomic E-state index is 11.6. The van der Waals surface area contributed by atoms with Gasteiger partial charge in [0.1, 0.15) is 0 Å². The second-order valence-electron chi connectivity index (χ2n) is 11.0. The van der Waals surface area contributed by atoms with Crippen LogP contribution in [0.15, 0.2) is 0 Å². The van der Waals surface area contributed by atoms with E-state index < -0.39 is 0 Å². The maximum absolute atomic E-state index is 11.6. The van der Waals surface area contributed by atoms with E-state index >= 15 is 0 Å². The number of esters is 1. The van der Waals surface area contributed by atoms with Gasteiger partial charge in [-0.25, -0.2) is 4.79 Å². The van der Waals surface area contributed by atoms with E-state index in [0.717, 1.165) is 26.1 Å². The van der Waals surface area contributed by atoms with Gasteiger partial charge in [0.2, 0.25) is 0 Å². The van der Waals surface area contributed by atoms with Gasteiger partial charge in [0, 0.05) is 13.2 Å². The van der Waals surface area contributed by atoms with Crippen molar-refractivity contribution in [2.45, 2.75) is 135 Å². The predicted octanol–water partition coefficient (Wildman–Crippen LogP) is 8.07. The summed E-state index contributed by atoms with van der Waals surface area (Å²) in [4.78, 5) is 11.6. The molecule has 0 heterocycles. The van der Waals surface area contributed by atoms with Gasteiger partial charge in [-0.1, -0.05) is 116 Å². The molecule has 0 aliphatic carbocycles. The van der Waals surface area contributed by atoms with E-state index in [1.807, 2.05) is 21.1 Å². The molecule has 4 nitrogen and oxygen atoms in total. The summed E-state index contributed by atoms with van der Waals surface area (Å²) in [7, 11) is 5.99. The summed E-state index contributed by atoms with van der Waals surface area (Å²) < 4.78 is 11.6. The minimum atomic E-state index is -0.109. The Morgan fingerprint density at radius 3 is 1.24 bits per heavy atom. The van der Waals surface area contributed by atoms with Crippen LogP contribution >= 0.6 is 0 Å². The summed E-state index contributed by atoms with van der Waals surface area (Å²) >= 11 is 0. The Balaban J connectivity index is 3.10. The topological polar surface area (TPSA) is 35.5 Å². The summed E-state index contributed by atoms with van der Waals surface area (Å²) in [6.07, 6.45) is 27.2. The van der Waals surface area contributed by atoms with Crippen LogP contribution in [0.2, 0.25) is 0 Å². The molecule has 0 bridgehead atoms. The predicted molar refractivity (Wildman–Crippen MR) is 143 cm³/mol. The van der Waals surface area contributed by atoms with Crippen LogP contribution in [0.25, 0.3) is 0 Å². The molecule has 0 aliphatic heterocycles. The van der Waals surface area contributed by atoms with Crippen molar-refractivity contribution in [2.24, 2.45) is 0 Å². The van der Waals surface area contributed by atoms with Crippen molar-refractivity contribution in [3.63, 3.8) is 0 Å². The number of likely N-dealkylation sites (N-methyl/N-ethyl adjacent to an activating group) is 1. The quantitative estimate of drug-likeness (QED) is 0.0728. The Morgan fingerprint density at radius 2 is 0.848 bits per heavy atom. The molecule has 198 valence electrons. The molecule has 4 heteroatoms. The number of hydrogen-bond acceptors (Lipinski definition) is 3. The van der Waals surface area contributed by atoms with Crippen molar-refractivity contribution in [1.82, 2.24) is 0 Å². The molecule has 0 amide bonds. The fraction of sp³-hybridized carbons (Fsp3) is 0.966. The SMILES string of the molecule is CCCCCCCCCCCCCCCCCCCCOCCCCOC(=O)C[N+](C)(C)C. The maximum Gasteiger partial charge on any atom is 0.361 e. The molecular formula is C29H60NO3+. The number of ether oxygens (including phenoxy) is 2. The van der Waals surface area contributed by atoms with Crippen LogP contribution in [0.3, 0.4) is 0 Å². The largest absolute Gasteiger partial charge is 0.462 e. The fourth-order valence-electron chi connectivity index (χ4n) is 4.13. The van der Waals surface area contributed by atoms with E-state index in [1.165, 1.54) is 116 Å². The summed E-state index contributed by atoms with van der Waals surface area (Å²) in [6.45, 7) is 4.89. The molecule has 0 rings (SSSR count). The molecular weight excluding hydrogens is 410 g/mol. The summed E-state index contributed by atoms with van der Waals surface area (Å²) in [5.41, 5.74) is 0. The van der Waals surface area contributed by atoms with Crippen LogP contribution in [0.5, 0.6) is 0 Å². The zero-order valence-corrected chi connectivity index (χ0v) is 23.1. The minimum absolute atomic E-state index is 0.109.